The lowest BCUT2D eigenvalue weighted by atomic mass is 9.72. The summed E-state index contributed by atoms with van der Waals surface area (Å²) < 4.78 is 5.17. The zero-order chi connectivity index (χ0) is 13.8. The highest BCUT2D eigenvalue weighted by atomic mass is 16.5. The van der Waals surface area contributed by atoms with Gasteiger partial charge in [0.1, 0.15) is 0 Å². The normalized spacial score (nSPS) is 13.8. The van der Waals surface area contributed by atoms with Gasteiger partial charge in [0.2, 0.25) is 0 Å². The Labute approximate surface area is 108 Å². The highest BCUT2D eigenvalue weighted by Gasteiger charge is 2.41. The summed E-state index contributed by atoms with van der Waals surface area (Å²) in [6.07, 6.45) is 0. The molecule has 0 fully saturated rings. The molecule has 0 aromatic heterocycles. The van der Waals surface area contributed by atoms with Crippen LogP contribution in [-0.2, 0) is 14.9 Å². The molecule has 0 saturated carbocycles. The quantitative estimate of drug-likeness (QED) is 0.766. The second-order valence-electron chi connectivity index (χ2n) is 4.73. The third-order valence-electron chi connectivity index (χ3n) is 3.46. The largest absolute Gasteiger partial charge is 0.465 e. The van der Waals surface area contributed by atoms with Gasteiger partial charge in [-0.3, -0.25) is 4.79 Å². The second-order valence-corrected chi connectivity index (χ2v) is 4.73. The minimum Gasteiger partial charge on any atom is -0.465 e. The molecular weight excluding hydrogens is 226 g/mol. The van der Waals surface area contributed by atoms with Crippen LogP contribution >= 0.6 is 0 Å². The minimum absolute atomic E-state index is 0.0473. The number of hydrogen-bond donors (Lipinski definition) is 0. The van der Waals surface area contributed by atoms with Crippen molar-refractivity contribution in [2.45, 2.75) is 33.1 Å². The van der Waals surface area contributed by atoms with E-state index in [1.807, 2.05) is 32.9 Å². The van der Waals surface area contributed by atoms with Crippen LogP contribution in [0.25, 0.3) is 0 Å². The molecule has 3 heteroatoms. The summed E-state index contributed by atoms with van der Waals surface area (Å²) in [5.41, 5.74) is 0.477. The Morgan fingerprint density at radius 1 is 1.44 bits per heavy atom. The van der Waals surface area contributed by atoms with Crippen molar-refractivity contribution in [1.82, 2.24) is 0 Å². The SMILES string of the molecule is CCOC(=O)C(C)(c1ccccc1C#N)C(C)C. The molecule has 1 aromatic rings. The Hall–Kier alpha value is -1.82. The molecule has 3 nitrogen and oxygen atoms in total. The second kappa shape index (κ2) is 5.68. The number of benzene rings is 1. The Balaban J connectivity index is 3.37. The molecule has 96 valence electrons. The van der Waals surface area contributed by atoms with Crippen molar-refractivity contribution in [3.8, 4) is 6.07 Å². The van der Waals surface area contributed by atoms with E-state index in [1.54, 1.807) is 19.1 Å². The summed E-state index contributed by atoms with van der Waals surface area (Å²) in [6, 6.07) is 9.35. The number of carbonyl (C=O) groups excluding carboxylic acids is 1. The van der Waals surface area contributed by atoms with Crippen LogP contribution < -0.4 is 0 Å². The predicted octanol–water partition coefficient (Wildman–Crippen LogP) is 3.04. The third-order valence-corrected chi connectivity index (χ3v) is 3.46. The van der Waals surface area contributed by atoms with Gasteiger partial charge < -0.3 is 4.74 Å². The molecule has 0 heterocycles. The van der Waals surface area contributed by atoms with Crippen LogP contribution in [0.1, 0.15) is 38.8 Å². The van der Waals surface area contributed by atoms with Crippen molar-refractivity contribution in [3.63, 3.8) is 0 Å². The smallest absolute Gasteiger partial charge is 0.316 e. The molecule has 1 rings (SSSR count). The molecule has 0 N–H and O–H groups in total. The number of ether oxygens (including phenoxy) is 1. The molecular formula is C15H19NO2. The van der Waals surface area contributed by atoms with E-state index in [9.17, 15) is 10.1 Å². The number of nitriles is 1. The van der Waals surface area contributed by atoms with Crippen LogP contribution in [0.2, 0.25) is 0 Å². The van der Waals surface area contributed by atoms with Crippen LogP contribution in [-0.4, -0.2) is 12.6 Å². The average Bonchev–Trinajstić information content (AvgIpc) is 2.37. The summed E-state index contributed by atoms with van der Waals surface area (Å²) in [5.74, 6) is -0.228. The Morgan fingerprint density at radius 3 is 2.56 bits per heavy atom. The molecule has 1 unspecified atom stereocenters. The minimum atomic E-state index is -0.789. The fourth-order valence-electron chi connectivity index (χ4n) is 1.97. The van der Waals surface area contributed by atoms with Gasteiger partial charge in [-0.2, -0.15) is 5.26 Å². The van der Waals surface area contributed by atoms with E-state index in [4.69, 9.17) is 4.74 Å². The zero-order valence-corrected chi connectivity index (χ0v) is 11.4. The maximum absolute atomic E-state index is 12.2. The summed E-state index contributed by atoms with van der Waals surface area (Å²) in [4.78, 5) is 12.2. The van der Waals surface area contributed by atoms with E-state index in [0.717, 1.165) is 5.56 Å². The van der Waals surface area contributed by atoms with Gasteiger partial charge in [0.25, 0.3) is 0 Å². The van der Waals surface area contributed by atoms with Crippen LogP contribution in [0.5, 0.6) is 0 Å². The lowest BCUT2D eigenvalue weighted by molar-refractivity contribution is -0.151. The lowest BCUT2D eigenvalue weighted by Crippen LogP contribution is -2.40. The van der Waals surface area contributed by atoms with Crippen molar-refractivity contribution in [3.05, 3.63) is 35.4 Å². The first-order valence-electron chi connectivity index (χ1n) is 6.15. The van der Waals surface area contributed by atoms with Crippen LogP contribution in [0.4, 0.5) is 0 Å². The Morgan fingerprint density at radius 2 is 2.06 bits per heavy atom. The van der Waals surface area contributed by atoms with E-state index >= 15 is 0 Å². The average molecular weight is 245 g/mol. The first kappa shape index (κ1) is 14.2. The molecule has 0 radical (unpaired) electrons. The molecule has 0 amide bonds. The molecule has 1 aromatic carbocycles. The predicted molar refractivity (Wildman–Crippen MR) is 70.0 cm³/mol. The van der Waals surface area contributed by atoms with Gasteiger partial charge in [0.05, 0.1) is 23.7 Å². The van der Waals surface area contributed by atoms with E-state index in [2.05, 4.69) is 6.07 Å². The summed E-state index contributed by atoms with van der Waals surface area (Å²) in [6.45, 7) is 7.90. The number of esters is 1. The van der Waals surface area contributed by atoms with E-state index in [1.165, 1.54) is 0 Å². The Kier molecular flexibility index (Phi) is 4.49. The summed E-state index contributed by atoms with van der Waals surface area (Å²) in [5, 5.41) is 9.17. The number of carbonyl (C=O) groups is 1. The molecule has 0 aliphatic heterocycles. The van der Waals surface area contributed by atoms with Crippen molar-refractivity contribution in [1.29, 1.82) is 5.26 Å². The molecule has 0 spiro atoms. The molecule has 18 heavy (non-hydrogen) atoms. The van der Waals surface area contributed by atoms with Crippen molar-refractivity contribution in [2.24, 2.45) is 5.92 Å². The number of rotatable bonds is 4. The van der Waals surface area contributed by atoms with Crippen LogP contribution in [0, 0.1) is 17.2 Å². The molecule has 0 bridgehead atoms. The van der Waals surface area contributed by atoms with Gasteiger partial charge in [-0.25, -0.2) is 0 Å². The van der Waals surface area contributed by atoms with Crippen molar-refractivity contribution in [2.75, 3.05) is 6.61 Å². The third kappa shape index (κ3) is 2.38. The van der Waals surface area contributed by atoms with Gasteiger partial charge in [0, 0.05) is 0 Å². The van der Waals surface area contributed by atoms with Gasteiger partial charge in [-0.05, 0) is 31.4 Å². The maximum atomic E-state index is 12.2. The number of nitrogens with zero attached hydrogens (tertiary/aromatic N) is 1. The van der Waals surface area contributed by atoms with E-state index < -0.39 is 5.41 Å². The Bertz CT molecular complexity index is 474. The van der Waals surface area contributed by atoms with Crippen molar-refractivity contribution >= 4 is 5.97 Å². The highest BCUT2D eigenvalue weighted by molar-refractivity contribution is 5.84. The van der Waals surface area contributed by atoms with Crippen LogP contribution in [0.3, 0.4) is 0 Å². The lowest BCUT2D eigenvalue weighted by Gasteiger charge is -2.32. The molecule has 1 atom stereocenters. The van der Waals surface area contributed by atoms with Crippen molar-refractivity contribution < 1.29 is 9.53 Å². The van der Waals surface area contributed by atoms with Gasteiger partial charge in [-0.1, -0.05) is 32.0 Å². The topological polar surface area (TPSA) is 50.1 Å². The number of hydrogen-bond acceptors (Lipinski definition) is 3. The molecule has 0 aliphatic rings. The summed E-state index contributed by atoms with van der Waals surface area (Å²) in [7, 11) is 0. The monoisotopic (exact) mass is 245 g/mol. The van der Waals surface area contributed by atoms with Gasteiger partial charge >= 0.3 is 5.97 Å². The first-order chi connectivity index (χ1) is 8.48. The van der Waals surface area contributed by atoms with Gasteiger partial charge in [-0.15, -0.1) is 0 Å². The zero-order valence-electron chi connectivity index (χ0n) is 11.4. The van der Waals surface area contributed by atoms with Crippen LogP contribution in [0.15, 0.2) is 24.3 Å². The van der Waals surface area contributed by atoms with Gasteiger partial charge in [0.15, 0.2) is 0 Å². The summed E-state index contributed by atoms with van der Waals surface area (Å²) >= 11 is 0. The fraction of sp³-hybridized carbons (Fsp3) is 0.467. The standard InChI is InChI=1S/C15H19NO2/c1-5-18-14(17)15(4,11(2)3)13-9-7-6-8-12(13)10-16/h6-9,11H,5H2,1-4H3. The first-order valence-corrected chi connectivity index (χ1v) is 6.15. The van der Waals surface area contributed by atoms with E-state index in [0.29, 0.717) is 12.2 Å². The molecule has 0 saturated heterocycles. The molecule has 0 aliphatic carbocycles. The highest BCUT2D eigenvalue weighted by Crippen LogP contribution is 2.35. The fourth-order valence-corrected chi connectivity index (χ4v) is 1.97. The van der Waals surface area contributed by atoms with E-state index in [-0.39, 0.29) is 11.9 Å². The maximum Gasteiger partial charge on any atom is 0.316 e.